The highest BCUT2D eigenvalue weighted by molar-refractivity contribution is 6.30. The fourth-order valence-corrected chi connectivity index (χ4v) is 3.40. The zero-order valence-electron chi connectivity index (χ0n) is 17.3. The third-order valence-electron chi connectivity index (χ3n) is 5.06. The highest BCUT2D eigenvalue weighted by Crippen LogP contribution is 2.18. The van der Waals surface area contributed by atoms with Gasteiger partial charge in [0.1, 0.15) is 0 Å². The number of anilines is 1. The molecule has 2 aromatic carbocycles. The molecule has 4 rings (SSSR count). The number of imidazole rings is 1. The number of aromatic nitrogens is 4. The number of nitrogens with one attached hydrogen (secondary N) is 1. The largest absolute Gasteiger partial charge is 0.332 e. The molecule has 2 aromatic heterocycles. The van der Waals surface area contributed by atoms with E-state index in [2.05, 4.69) is 15.5 Å². The van der Waals surface area contributed by atoms with Crippen molar-refractivity contribution in [2.75, 3.05) is 5.43 Å². The Balaban J connectivity index is 1.80. The van der Waals surface area contributed by atoms with Gasteiger partial charge in [-0.1, -0.05) is 53.6 Å². The van der Waals surface area contributed by atoms with Crippen LogP contribution in [-0.4, -0.2) is 24.9 Å². The number of nitrogens with zero attached hydrogens (tertiary/aromatic N) is 5. The summed E-state index contributed by atoms with van der Waals surface area (Å²) in [7, 11) is 3.05. The molecule has 8 nitrogen and oxygen atoms in total. The molecule has 0 unspecified atom stereocenters. The van der Waals surface area contributed by atoms with Gasteiger partial charge in [-0.05, 0) is 30.2 Å². The van der Waals surface area contributed by atoms with Crippen LogP contribution >= 0.6 is 11.6 Å². The van der Waals surface area contributed by atoms with E-state index < -0.39 is 11.2 Å². The first kappa shape index (κ1) is 20.6. The molecule has 1 N–H and O–H groups in total. The SMILES string of the molecule is Cc1ccc(Cn2c(N/N=C\c3ccc(Cl)cc3)nc3c2c(=O)n(C)c(=O)n3C)cc1. The Labute approximate surface area is 183 Å². The predicted molar refractivity (Wildman–Crippen MR) is 123 cm³/mol. The van der Waals surface area contributed by atoms with E-state index in [-0.39, 0.29) is 0 Å². The van der Waals surface area contributed by atoms with Gasteiger partial charge < -0.3 is 0 Å². The Bertz CT molecular complexity index is 1400. The Kier molecular flexibility index (Phi) is 5.48. The molecule has 9 heteroatoms. The Morgan fingerprint density at radius 2 is 1.71 bits per heavy atom. The third kappa shape index (κ3) is 4.02. The molecule has 0 aliphatic rings. The van der Waals surface area contributed by atoms with Crippen LogP contribution in [0.3, 0.4) is 0 Å². The maximum absolute atomic E-state index is 12.9. The minimum atomic E-state index is -0.436. The molecule has 0 radical (unpaired) electrons. The summed E-state index contributed by atoms with van der Waals surface area (Å²) in [5.41, 5.74) is 5.68. The van der Waals surface area contributed by atoms with E-state index >= 15 is 0 Å². The van der Waals surface area contributed by atoms with Crippen LogP contribution in [-0.2, 0) is 20.6 Å². The Morgan fingerprint density at radius 3 is 2.39 bits per heavy atom. The van der Waals surface area contributed by atoms with Gasteiger partial charge in [0.05, 0.1) is 12.8 Å². The number of fused-ring (bicyclic) bond motifs is 1. The average molecular weight is 437 g/mol. The van der Waals surface area contributed by atoms with E-state index in [1.54, 1.807) is 30.0 Å². The van der Waals surface area contributed by atoms with Crippen LogP contribution in [0.25, 0.3) is 11.2 Å². The fraction of sp³-hybridized carbons (Fsp3) is 0.182. The van der Waals surface area contributed by atoms with Crippen LogP contribution in [0.2, 0.25) is 5.02 Å². The molecule has 0 saturated heterocycles. The van der Waals surface area contributed by atoms with Crippen LogP contribution in [0.5, 0.6) is 0 Å². The predicted octanol–water partition coefficient (Wildman–Crippen LogP) is 2.89. The fourth-order valence-electron chi connectivity index (χ4n) is 3.28. The van der Waals surface area contributed by atoms with Crippen LogP contribution in [0.4, 0.5) is 5.95 Å². The number of rotatable bonds is 5. The summed E-state index contributed by atoms with van der Waals surface area (Å²) < 4.78 is 4.17. The molecule has 2 heterocycles. The van der Waals surface area contributed by atoms with E-state index in [4.69, 9.17) is 11.6 Å². The lowest BCUT2D eigenvalue weighted by molar-refractivity contribution is 0.702. The smallest absolute Gasteiger partial charge is 0.298 e. The van der Waals surface area contributed by atoms with Crippen molar-refractivity contribution in [1.29, 1.82) is 0 Å². The number of hydrogen-bond acceptors (Lipinski definition) is 5. The van der Waals surface area contributed by atoms with Gasteiger partial charge >= 0.3 is 5.69 Å². The van der Waals surface area contributed by atoms with Gasteiger partial charge in [-0.25, -0.2) is 10.2 Å². The lowest BCUT2D eigenvalue weighted by atomic mass is 10.1. The number of benzene rings is 2. The van der Waals surface area contributed by atoms with Crippen LogP contribution in [0, 0.1) is 6.92 Å². The summed E-state index contributed by atoms with van der Waals surface area (Å²) in [6.45, 7) is 2.41. The van der Waals surface area contributed by atoms with E-state index in [0.29, 0.717) is 28.7 Å². The lowest BCUT2D eigenvalue weighted by Crippen LogP contribution is -2.37. The monoisotopic (exact) mass is 436 g/mol. The molecule has 0 bridgehead atoms. The van der Waals surface area contributed by atoms with E-state index in [9.17, 15) is 9.59 Å². The molecule has 0 amide bonds. The second-order valence-electron chi connectivity index (χ2n) is 7.31. The zero-order chi connectivity index (χ0) is 22.1. The van der Waals surface area contributed by atoms with Crippen LogP contribution in [0.15, 0.2) is 63.2 Å². The van der Waals surface area contributed by atoms with Gasteiger partial charge in [0, 0.05) is 19.1 Å². The highest BCUT2D eigenvalue weighted by Gasteiger charge is 2.19. The Hall–Kier alpha value is -3.65. The standard InChI is InChI=1S/C22H21ClN6O2/c1-14-4-6-16(7-5-14)13-29-18-19(27(2)22(31)28(3)20(18)30)25-21(29)26-24-12-15-8-10-17(23)11-9-15/h4-12H,13H2,1-3H3,(H,25,26)/b24-12-. The normalized spacial score (nSPS) is 11.5. The minimum Gasteiger partial charge on any atom is -0.298 e. The summed E-state index contributed by atoms with van der Waals surface area (Å²) in [6.07, 6.45) is 1.63. The van der Waals surface area contributed by atoms with Crippen molar-refractivity contribution in [3.05, 3.63) is 91.1 Å². The van der Waals surface area contributed by atoms with Crippen molar-refractivity contribution >= 4 is 34.9 Å². The quantitative estimate of drug-likeness (QED) is 0.385. The van der Waals surface area contributed by atoms with Crippen molar-refractivity contribution in [3.8, 4) is 0 Å². The number of hydrazone groups is 1. The highest BCUT2D eigenvalue weighted by atomic mass is 35.5. The third-order valence-corrected chi connectivity index (χ3v) is 5.31. The van der Waals surface area contributed by atoms with Gasteiger partial charge in [0.2, 0.25) is 5.95 Å². The van der Waals surface area contributed by atoms with Gasteiger partial charge in [-0.3, -0.25) is 18.5 Å². The second kappa shape index (κ2) is 8.23. The first-order chi connectivity index (χ1) is 14.8. The molecule has 0 spiro atoms. The molecule has 31 heavy (non-hydrogen) atoms. The first-order valence-corrected chi connectivity index (χ1v) is 9.99. The number of aryl methyl sites for hydroxylation is 2. The molecule has 158 valence electrons. The molecule has 0 atom stereocenters. The van der Waals surface area contributed by atoms with Crippen molar-refractivity contribution in [2.45, 2.75) is 13.5 Å². The van der Waals surface area contributed by atoms with E-state index in [0.717, 1.165) is 21.3 Å². The maximum atomic E-state index is 12.9. The van der Waals surface area contributed by atoms with Crippen molar-refractivity contribution in [3.63, 3.8) is 0 Å². The topological polar surface area (TPSA) is 86.2 Å². The van der Waals surface area contributed by atoms with Gasteiger partial charge in [-0.15, -0.1) is 0 Å². The summed E-state index contributed by atoms with van der Waals surface area (Å²) in [6, 6.07) is 15.2. The summed E-state index contributed by atoms with van der Waals surface area (Å²) in [4.78, 5) is 29.8. The molecule has 0 aliphatic heterocycles. The summed E-state index contributed by atoms with van der Waals surface area (Å²) in [5, 5.41) is 4.90. The van der Waals surface area contributed by atoms with Gasteiger partial charge in [0.15, 0.2) is 11.2 Å². The number of halogens is 1. The zero-order valence-corrected chi connectivity index (χ0v) is 18.1. The van der Waals surface area contributed by atoms with E-state index in [1.165, 1.54) is 11.6 Å². The molecular weight excluding hydrogens is 416 g/mol. The number of hydrogen-bond donors (Lipinski definition) is 1. The minimum absolute atomic E-state index is 0.296. The van der Waals surface area contributed by atoms with Crippen molar-refractivity contribution in [1.82, 2.24) is 18.7 Å². The second-order valence-corrected chi connectivity index (χ2v) is 7.74. The molecule has 0 aliphatic carbocycles. The average Bonchev–Trinajstić information content (AvgIpc) is 3.12. The summed E-state index contributed by atoms with van der Waals surface area (Å²) in [5.74, 6) is 0.360. The molecule has 0 fully saturated rings. The lowest BCUT2D eigenvalue weighted by Gasteiger charge is -2.09. The van der Waals surface area contributed by atoms with Crippen LogP contribution in [0.1, 0.15) is 16.7 Å². The van der Waals surface area contributed by atoms with Crippen LogP contribution < -0.4 is 16.7 Å². The first-order valence-electron chi connectivity index (χ1n) is 9.61. The molecule has 4 aromatic rings. The Morgan fingerprint density at radius 1 is 1.03 bits per heavy atom. The van der Waals surface area contributed by atoms with E-state index in [1.807, 2.05) is 43.3 Å². The van der Waals surface area contributed by atoms with Crippen molar-refractivity contribution < 1.29 is 0 Å². The van der Waals surface area contributed by atoms with Gasteiger partial charge in [-0.2, -0.15) is 10.1 Å². The molecular formula is C22H21ClN6O2. The maximum Gasteiger partial charge on any atom is 0.332 e. The van der Waals surface area contributed by atoms with Gasteiger partial charge in [0.25, 0.3) is 5.56 Å². The molecule has 0 saturated carbocycles. The summed E-state index contributed by atoms with van der Waals surface area (Å²) >= 11 is 5.92. The van der Waals surface area contributed by atoms with Crippen molar-refractivity contribution in [2.24, 2.45) is 19.2 Å².